The van der Waals surface area contributed by atoms with E-state index in [2.05, 4.69) is 0 Å². The number of carboxylic acids is 1. The minimum absolute atomic E-state index is 0.158. The topological polar surface area (TPSA) is 104 Å². The number of hydrogen-bond donors (Lipinski definition) is 3. The Morgan fingerprint density at radius 1 is 1.06 bits per heavy atom. The van der Waals surface area contributed by atoms with Crippen molar-refractivity contribution in [2.45, 2.75) is 38.5 Å². The molecule has 0 aromatic carbocycles. The van der Waals surface area contributed by atoms with Crippen molar-refractivity contribution < 1.29 is 19.9 Å². The second kappa shape index (κ2) is 9.11. The number of amides is 1. The summed E-state index contributed by atoms with van der Waals surface area (Å²) in [6.07, 6.45) is 3.12. The first-order chi connectivity index (χ1) is 7.57. The van der Waals surface area contributed by atoms with E-state index in [1.807, 2.05) is 0 Å². The number of rotatable bonds is 9. The first-order valence-corrected chi connectivity index (χ1v) is 5.49. The van der Waals surface area contributed by atoms with Crippen LogP contribution in [-0.4, -0.2) is 40.3 Å². The summed E-state index contributed by atoms with van der Waals surface area (Å²) in [4.78, 5) is 21.4. The molecule has 0 aromatic heterocycles. The number of unbranched alkanes of at least 4 members (excludes halogenated alkanes) is 3. The van der Waals surface area contributed by atoms with Gasteiger partial charge in [-0.15, -0.1) is 0 Å². The van der Waals surface area contributed by atoms with E-state index in [1.165, 1.54) is 0 Å². The van der Waals surface area contributed by atoms with Crippen LogP contribution in [0.5, 0.6) is 0 Å². The fraction of sp³-hybridized carbons (Fsp3) is 0.800. The molecule has 0 rings (SSSR count). The smallest absolute Gasteiger partial charge is 0.303 e. The third kappa shape index (κ3) is 8.19. The van der Waals surface area contributed by atoms with E-state index in [4.69, 9.17) is 10.8 Å². The largest absolute Gasteiger partial charge is 0.481 e. The molecule has 6 nitrogen and oxygen atoms in total. The van der Waals surface area contributed by atoms with Gasteiger partial charge in [0.15, 0.2) is 0 Å². The number of carbonyl (C=O) groups excluding carboxylic acids is 1. The Morgan fingerprint density at radius 3 is 2.25 bits per heavy atom. The van der Waals surface area contributed by atoms with E-state index < -0.39 is 11.9 Å². The third-order valence-electron chi connectivity index (χ3n) is 2.16. The van der Waals surface area contributed by atoms with Gasteiger partial charge in [-0.2, -0.15) is 0 Å². The lowest BCUT2D eigenvalue weighted by atomic mass is 10.2. The van der Waals surface area contributed by atoms with Gasteiger partial charge in [-0.25, -0.2) is 5.06 Å². The Bertz CT molecular complexity index is 221. The summed E-state index contributed by atoms with van der Waals surface area (Å²) in [6, 6.07) is 0. The predicted octanol–water partition coefficient (Wildman–Crippen LogP) is 0.588. The van der Waals surface area contributed by atoms with E-state index in [0.717, 1.165) is 19.3 Å². The molecule has 0 aliphatic carbocycles. The molecule has 0 atom stereocenters. The van der Waals surface area contributed by atoms with Gasteiger partial charge in [0.05, 0.1) is 6.42 Å². The average molecular weight is 232 g/mol. The van der Waals surface area contributed by atoms with E-state index in [-0.39, 0.29) is 19.4 Å². The van der Waals surface area contributed by atoms with Crippen molar-refractivity contribution in [2.24, 2.45) is 5.73 Å². The van der Waals surface area contributed by atoms with E-state index in [9.17, 15) is 14.8 Å². The summed E-state index contributed by atoms with van der Waals surface area (Å²) in [5.74, 6) is -1.58. The van der Waals surface area contributed by atoms with Gasteiger partial charge < -0.3 is 10.8 Å². The summed E-state index contributed by atoms with van der Waals surface area (Å²) in [5.41, 5.74) is 5.32. The molecule has 16 heavy (non-hydrogen) atoms. The van der Waals surface area contributed by atoms with Crippen molar-refractivity contribution in [3.63, 3.8) is 0 Å². The summed E-state index contributed by atoms with van der Waals surface area (Å²) in [5, 5.41) is 18.2. The Hall–Kier alpha value is -1.14. The Kier molecular flexibility index (Phi) is 8.46. The molecule has 1 amide bonds. The van der Waals surface area contributed by atoms with Gasteiger partial charge in [0, 0.05) is 13.0 Å². The van der Waals surface area contributed by atoms with E-state index in [1.54, 1.807) is 0 Å². The minimum Gasteiger partial charge on any atom is -0.481 e. The highest BCUT2D eigenvalue weighted by atomic mass is 16.5. The van der Waals surface area contributed by atoms with Crippen LogP contribution in [0.1, 0.15) is 38.5 Å². The average Bonchev–Trinajstić information content (AvgIpc) is 2.25. The van der Waals surface area contributed by atoms with Crippen molar-refractivity contribution in [1.29, 1.82) is 0 Å². The van der Waals surface area contributed by atoms with Gasteiger partial charge in [-0.05, 0) is 19.4 Å². The number of nitrogens with zero attached hydrogens (tertiary/aromatic N) is 1. The van der Waals surface area contributed by atoms with Crippen molar-refractivity contribution in [1.82, 2.24) is 5.06 Å². The standard InChI is InChI=1S/C10H20N2O4/c11-7-3-1-2-4-8-12(16)9(13)5-6-10(14)15/h16H,1-8,11H2,(H,14,15). The van der Waals surface area contributed by atoms with Gasteiger partial charge in [-0.3, -0.25) is 14.8 Å². The second-order valence-electron chi connectivity index (χ2n) is 3.61. The lowest BCUT2D eigenvalue weighted by Crippen LogP contribution is -2.28. The molecule has 0 radical (unpaired) electrons. The van der Waals surface area contributed by atoms with Crippen LogP contribution in [0.2, 0.25) is 0 Å². The molecule has 0 bridgehead atoms. The highest BCUT2D eigenvalue weighted by Gasteiger charge is 2.11. The highest BCUT2D eigenvalue weighted by Crippen LogP contribution is 2.02. The number of hydroxylamine groups is 2. The summed E-state index contributed by atoms with van der Waals surface area (Å²) in [6.45, 7) is 0.906. The fourth-order valence-corrected chi connectivity index (χ4v) is 1.23. The minimum atomic E-state index is -1.04. The van der Waals surface area contributed by atoms with Gasteiger partial charge in [0.1, 0.15) is 0 Å². The zero-order chi connectivity index (χ0) is 12.4. The number of carboxylic acid groups (broad SMARTS) is 1. The van der Waals surface area contributed by atoms with Crippen molar-refractivity contribution >= 4 is 11.9 Å². The van der Waals surface area contributed by atoms with Crippen LogP contribution in [0.15, 0.2) is 0 Å². The molecule has 0 saturated heterocycles. The van der Waals surface area contributed by atoms with E-state index >= 15 is 0 Å². The van der Waals surface area contributed by atoms with Crippen LogP contribution in [0.4, 0.5) is 0 Å². The zero-order valence-electron chi connectivity index (χ0n) is 9.39. The Balaban J connectivity index is 3.51. The molecule has 4 N–H and O–H groups in total. The summed E-state index contributed by atoms with van der Waals surface area (Å²) >= 11 is 0. The molecule has 94 valence electrons. The highest BCUT2D eigenvalue weighted by molar-refractivity contribution is 5.79. The van der Waals surface area contributed by atoms with E-state index in [0.29, 0.717) is 18.0 Å². The van der Waals surface area contributed by atoms with Gasteiger partial charge in [0.2, 0.25) is 5.91 Å². The van der Waals surface area contributed by atoms with Crippen LogP contribution in [0.3, 0.4) is 0 Å². The molecule has 0 aromatic rings. The Morgan fingerprint density at radius 2 is 1.69 bits per heavy atom. The first kappa shape index (κ1) is 14.9. The number of carbonyl (C=O) groups is 2. The van der Waals surface area contributed by atoms with Crippen LogP contribution in [0, 0.1) is 0 Å². The fourth-order valence-electron chi connectivity index (χ4n) is 1.23. The van der Waals surface area contributed by atoms with Gasteiger partial charge in [0.25, 0.3) is 0 Å². The molecule has 0 saturated carbocycles. The van der Waals surface area contributed by atoms with Crippen LogP contribution in [-0.2, 0) is 9.59 Å². The second-order valence-corrected chi connectivity index (χ2v) is 3.61. The number of nitrogens with two attached hydrogens (primary N) is 1. The normalized spacial score (nSPS) is 10.1. The molecule has 0 fully saturated rings. The third-order valence-corrected chi connectivity index (χ3v) is 2.16. The number of aliphatic carboxylic acids is 1. The lowest BCUT2D eigenvalue weighted by Gasteiger charge is -2.14. The quantitative estimate of drug-likeness (QED) is 0.306. The van der Waals surface area contributed by atoms with Crippen LogP contribution in [0.25, 0.3) is 0 Å². The molecule has 0 unspecified atom stereocenters. The van der Waals surface area contributed by atoms with Crippen molar-refractivity contribution in [2.75, 3.05) is 13.1 Å². The lowest BCUT2D eigenvalue weighted by molar-refractivity contribution is -0.166. The van der Waals surface area contributed by atoms with Crippen LogP contribution >= 0.6 is 0 Å². The zero-order valence-corrected chi connectivity index (χ0v) is 9.39. The maximum Gasteiger partial charge on any atom is 0.303 e. The predicted molar refractivity (Wildman–Crippen MR) is 57.9 cm³/mol. The summed E-state index contributed by atoms with van der Waals surface area (Å²) in [7, 11) is 0. The van der Waals surface area contributed by atoms with Crippen LogP contribution < -0.4 is 5.73 Å². The SMILES string of the molecule is NCCCCCCN(O)C(=O)CCC(=O)O. The maximum atomic E-state index is 11.2. The van der Waals surface area contributed by atoms with Crippen molar-refractivity contribution in [3.05, 3.63) is 0 Å². The maximum absolute atomic E-state index is 11.2. The van der Waals surface area contributed by atoms with Gasteiger partial charge >= 0.3 is 5.97 Å². The molecule has 6 heteroatoms. The Labute approximate surface area is 95.0 Å². The first-order valence-electron chi connectivity index (χ1n) is 5.49. The van der Waals surface area contributed by atoms with Crippen molar-refractivity contribution in [3.8, 4) is 0 Å². The molecule has 0 aliphatic rings. The molecule has 0 aliphatic heterocycles. The molecule has 0 spiro atoms. The van der Waals surface area contributed by atoms with Gasteiger partial charge in [-0.1, -0.05) is 12.8 Å². The molecular formula is C10H20N2O4. The monoisotopic (exact) mass is 232 g/mol. The molecular weight excluding hydrogens is 212 g/mol. The molecule has 0 heterocycles. The summed E-state index contributed by atoms with van der Waals surface area (Å²) < 4.78 is 0. The number of hydrogen-bond acceptors (Lipinski definition) is 4.